The largest absolute Gasteiger partial charge is 0.468 e. The quantitative estimate of drug-likeness (QED) is 0.447. The molecule has 1 aliphatic rings. The first-order valence-electron chi connectivity index (χ1n) is 3.52. The van der Waals surface area contributed by atoms with E-state index in [-0.39, 0.29) is 5.97 Å². The van der Waals surface area contributed by atoms with E-state index in [1.807, 2.05) is 0 Å². The van der Waals surface area contributed by atoms with E-state index in [1.165, 1.54) is 7.11 Å². The first-order chi connectivity index (χ1) is 5.25. The molecular formula is C8H12O3. The van der Waals surface area contributed by atoms with Crippen LogP contribution in [0.3, 0.4) is 0 Å². The van der Waals surface area contributed by atoms with Crippen LogP contribution >= 0.6 is 0 Å². The fraction of sp³-hybridized carbons (Fsp3) is 0.625. The van der Waals surface area contributed by atoms with Gasteiger partial charge in [-0.3, -0.25) is 4.79 Å². The predicted octanol–water partition coefficient (Wildman–Crippen LogP) is 0.752. The molecule has 1 aliphatic heterocycles. The van der Waals surface area contributed by atoms with Crippen LogP contribution in [0.4, 0.5) is 0 Å². The van der Waals surface area contributed by atoms with Gasteiger partial charge in [-0.05, 0) is 6.42 Å². The number of allylic oxidation sites excluding steroid dienone is 1. The summed E-state index contributed by atoms with van der Waals surface area (Å²) in [6.45, 7) is 4.51. The monoisotopic (exact) mass is 156 g/mol. The lowest BCUT2D eigenvalue weighted by atomic mass is 9.83. The molecule has 1 saturated heterocycles. The Morgan fingerprint density at radius 2 is 2.45 bits per heavy atom. The van der Waals surface area contributed by atoms with Gasteiger partial charge in [-0.25, -0.2) is 0 Å². The third kappa shape index (κ3) is 1.28. The average molecular weight is 156 g/mol. The summed E-state index contributed by atoms with van der Waals surface area (Å²) in [6, 6.07) is 0. The van der Waals surface area contributed by atoms with Gasteiger partial charge in [-0.1, -0.05) is 6.08 Å². The summed E-state index contributed by atoms with van der Waals surface area (Å²) in [6.07, 6.45) is 2.36. The number of methoxy groups -OCH3 is 1. The van der Waals surface area contributed by atoms with Crippen molar-refractivity contribution in [2.75, 3.05) is 20.3 Å². The second-order valence-electron chi connectivity index (χ2n) is 2.76. The maximum Gasteiger partial charge on any atom is 0.316 e. The highest BCUT2D eigenvalue weighted by molar-refractivity contribution is 5.78. The number of rotatable bonds is 3. The van der Waals surface area contributed by atoms with Crippen LogP contribution in [0.25, 0.3) is 0 Å². The van der Waals surface area contributed by atoms with Crippen LogP contribution < -0.4 is 0 Å². The van der Waals surface area contributed by atoms with E-state index in [0.717, 1.165) is 0 Å². The highest BCUT2D eigenvalue weighted by Crippen LogP contribution is 2.32. The minimum Gasteiger partial charge on any atom is -0.468 e. The van der Waals surface area contributed by atoms with Crippen molar-refractivity contribution in [1.82, 2.24) is 0 Å². The Labute approximate surface area is 66.0 Å². The van der Waals surface area contributed by atoms with Crippen LogP contribution in [0, 0.1) is 5.41 Å². The molecule has 0 aliphatic carbocycles. The molecule has 11 heavy (non-hydrogen) atoms. The van der Waals surface area contributed by atoms with Crippen LogP contribution in [-0.4, -0.2) is 26.3 Å². The van der Waals surface area contributed by atoms with Crippen LogP contribution in [0.5, 0.6) is 0 Å². The van der Waals surface area contributed by atoms with E-state index in [0.29, 0.717) is 19.6 Å². The molecule has 1 heterocycles. The van der Waals surface area contributed by atoms with Gasteiger partial charge in [0.1, 0.15) is 5.41 Å². The van der Waals surface area contributed by atoms with E-state index in [2.05, 4.69) is 11.3 Å². The molecule has 0 radical (unpaired) electrons. The Balaban J connectivity index is 2.59. The molecule has 0 bridgehead atoms. The minimum absolute atomic E-state index is 0.191. The average Bonchev–Trinajstić information content (AvgIpc) is 1.95. The van der Waals surface area contributed by atoms with Gasteiger partial charge >= 0.3 is 5.97 Å². The van der Waals surface area contributed by atoms with E-state index in [9.17, 15) is 4.79 Å². The molecular weight excluding hydrogens is 144 g/mol. The van der Waals surface area contributed by atoms with Crippen molar-refractivity contribution < 1.29 is 14.3 Å². The smallest absolute Gasteiger partial charge is 0.316 e. The van der Waals surface area contributed by atoms with Gasteiger partial charge in [0.15, 0.2) is 0 Å². The second-order valence-corrected chi connectivity index (χ2v) is 2.76. The summed E-state index contributed by atoms with van der Waals surface area (Å²) in [5, 5.41) is 0. The summed E-state index contributed by atoms with van der Waals surface area (Å²) in [4.78, 5) is 11.2. The van der Waals surface area contributed by atoms with Crippen molar-refractivity contribution in [3.63, 3.8) is 0 Å². The van der Waals surface area contributed by atoms with Gasteiger partial charge in [-0.2, -0.15) is 0 Å². The van der Waals surface area contributed by atoms with Gasteiger partial charge < -0.3 is 9.47 Å². The second kappa shape index (κ2) is 3.05. The van der Waals surface area contributed by atoms with Crippen LogP contribution in [-0.2, 0) is 14.3 Å². The molecule has 3 heteroatoms. The van der Waals surface area contributed by atoms with Gasteiger partial charge in [0, 0.05) is 0 Å². The molecule has 0 aromatic carbocycles. The SMILES string of the molecule is C=CCC1(C(=O)OC)COC1. The van der Waals surface area contributed by atoms with Crippen LogP contribution in [0.15, 0.2) is 12.7 Å². The number of carbonyl (C=O) groups is 1. The van der Waals surface area contributed by atoms with Crippen molar-refractivity contribution in [3.8, 4) is 0 Å². The van der Waals surface area contributed by atoms with Gasteiger partial charge in [0.05, 0.1) is 20.3 Å². The van der Waals surface area contributed by atoms with E-state index < -0.39 is 5.41 Å². The molecule has 0 atom stereocenters. The molecule has 62 valence electrons. The van der Waals surface area contributed by atoms with Gasteiger partial charge in [0.25, 0.3) is 0 Å². The Bertz CT molecular complexity index is 170. The molecule has 0 aromatic heterocycles. The minimum atomic E-state index is -0.420. The first-order valence-corrected chi connectivity index (χ1v) is 3.52. The molecule has 0 unspecified atom stereocenters. The number of carbonyl (C=O) groups excluding carboxylic acids is 1. The Morgan fingerprint density at radius 1 is 1.82 bits per heavy atom. The Morgan fingerprint density at radius 3 is 2.73 bits per heavy atom. The summed E-state index contributed by atoms with van der Waals surface area (Å²) < 4.78 is 9.61. The number of esters is 1. The van der Waals surface area contributed by atoms with E-state index in [1.54, 1.807) is 6.08 Å². The molecule has 0 aromatic rings. The predicted molar refractivity (Wildman–Crippen MR) is 40.1 cm³/mol. The fourth-order valence-electron chi connectivity index (χ4n) is 1.16. The number of hydrogen-bond acceptors (Lipinski definition) is 3. The van der Waals surface area contributed by atoms with Crippen molar-refractivity contribution >= 4 is 5.97 Å². The summed E-state index contributed by atoms with van der Waals surface area (Å²) >= 11 is 0. The van der Waals surface area contributed by atoms with Crippen molar-refractivity contribution in [2.24, 2.45) is 5.41 Å². The molecule has 1 fully saturated rings. The molecule has 3 nitrogen and oxygen atoms in total. The standard InChI is InChI=1S/C8H12O3/c1-3-4-8(5-11-6-8)7(9)10-2/h3H,1,4-6H2,2H3. The van der Waals surface area contributed by atoms with Crippen molar-refractivity contribution in [1.29, 1.82) is 0 Å². The first kappa shape index (κ1) is 8.27. The summed E-state index contributed by atoms with van der Waals surface area (Å²) in [5.74, 6) is -0.191. The lowest BCUT2D eigenvalue weighted by Crippen LogP contribution is -2.49. The van der Waals surface area contributed by atoms with E-state index in [4.69, 9.17) is 4.74 Å². The zero-order chi connectivity index (χ0) is 8.32. The zero-order valence-electron chi connectivity index (χ0n) is 6.63. The molecule has 0 saturated carbocycles. The molecule has 0 amide bonds. The van der Waals surface area contributed by atoms with Gasteiger partial charge in [-0.15, -0.1) is 6.58 Å². The molecule has 1 rings (SSSR count). The Hall–Kier alpha value is -0.830. The number of ether oxygens (including phenoxy) is 2. The lowest BCUT2D eigenvalue weighted by Gasteiger charge is -2.37. The lowest BCUT2D eigenvalue weighted by molar-refractivity contribution is -0.182. The summed E-state index contributed by atoms with van der Waals surface area (Å²) in [5.41, 5.74) is -0.420. The zero-order valence-corrected chi connectivity index (χ0v) is 6.63. The normalized spacial score (nSPS) is 20.1. The highest BCUT2D eigenvalue weighted by Gasteiger charge is 2.45. The van der Waals surface area contributed by atoms with Crippen molar-refractivity contribution in [3.05, 3.63) is 12.7 Å². The maximum atomic E-state index is 11.2. The topological polar surface area (TPSA) is 35.5 Å². The fourth-order valence-corrected chi connectivity index (χ4v) is 1.16. The molecule has 0 spiro atoms. The summed E-state index contributed by atoms with van der Waals surface area (Å²) in [7, 11) is 1.39. The van der Waals surface area contributed by atoms with E-state index >= 15 is 0 Å². The highest BCUT2D eigenvalue weighted by atomic mass is 16.5. The maximum absolute atomic E-state index is 11.2. The van der Waals surface area contributed by atoms with Gasteiger partial charge in [0.2, 0.25) is 0 Å². The van der Waals surface area contributed by atoms with Crippen LogP contribution in [0.1, 0.15) is 6.42 Å². The third-order valence-corrected chi connectivity index (χ3v) is 1.91. The van der Waals surface area contributed by atoms with Crippen LogP contribution in [0.2, 0.25) is 0 Å². The number of hydrogen-bond donors (Lipinski definition) is 0. The molecule has 0 N–H and O–H groups in total. The Kier molecular flexibility index (Phi) is 2.29. The third-order valence-electron chi connectivity index (χ3n) is 1.91. The van der Waals surface area contributed by atoms with Crippen molar-refractivity contribution in [2.45, 2.75) is 6.42 Å².